The monoisotopic (exact) mass is 392 g/mol. The summed E-state index contributed by atoms with van der Waals surface area (Å²) in [5.74, 6) is -1.95. The topological polar surface area (TPSA) is 77.9 Å². The molecule has 0 radical (unpaired) electrons. The number of benzene rings is 1. The van der Waals surface area contributed by atoms with Crippen LogP contribution >= 0.6 is 11.6 Å². The Labute approximate surface area is 164 Å². The summed E-state index contributed by atoms with van der Waals surface area (Å²) in [5, 5.41) is 10.2. The first kappa shape index (κ1) is 19.7. The smallest absolute Gasteiger partial charge is 0.308 e. The third-order valence-electron chi connectivity index (χ3n) is 5.57. The summed E-state index contributed by atoms with van der Waals surface area (Å²) >= 11 is 5.94. The van der Waals surface area contributed by atoms with Crippen LogP contribution in [-0.4, -0.2) is 58.4 Å². The molecule has 146 valence electrons. The molecule has 0 spiro atoms. The zero-order valence-corrected chi connectivity index (χ0v) is 16.2. The molecule has 2 amide bonds. The van der Waals surface area contributed by atoms with E-state index in [4.69, 9.17) is 11.6 Å². The largest absolute Gasteiger partial charge is 0.481 e. The standard InChI is InChI=1S/C20H25ClN2O4/c1-2-4-18(24)23-10-3-5-17(23)19(25)22-11-15(16(12-22)20(26)27)13-6-8-14(21)9-7-13/h6-9,15-17H,2-5,10-12H2,1H3,(H,26,27)/t15-,16+,17?/m0/s1. The predicted molar refractivity (Wildman–Crippen MR) is 102 cm³/mol. The molecule has 27 heavy (non-hydrogen) atoms. The van der Waals surface area contributed by atoms with Crippen molar-refractivity contribution in [3.8, 4) is 0 Å². The van der Waals surface area contributed by atoms with Crippen LogP contribution in [0.4, 0.5) is 0 Å². The first-order chi connectivity index (χ1) is 12.9. The van der Waals surface area contributed by atoms with Crippen LogP contribution in [0.5, 0.6) is 0 Å². The number of rotatable bonds is 5. The van der Waals surface area contributed by atoms with Crippen molar-refractivity contribution >= 4 is 29.4 Å². The first-order valence-corrected chi connectivity index (χ1v) is 9.86. The van der Waals surface area contributed by atoms with Gasteiger partial charge in [-0.05, 0) is 37.0 Å². The van der Waals surface area contributed by atoms with E-state index in [-0.39, 0.29) is 24.3 Å². The third-order valence-corrected chi connectivity index (χ3v) is 5.82. The van der Waals surface area contributed by atoms with Gasteiger partial charge in [-0.1, -0.05) is 30.7 Å². The number of likely N-dealkylation sites (tertiary alicyclic amines) is 2. The number of carboxylic acid groups (broad SMARTS) is 1. The van der Waals surface area contributed by atoms with Gasteiger partial charge in [0.15, 0.2) is 0 Å². The Hall–Kier alpha value is -2.08. The third kappa shape index (κ3) is 4.10. The number of hydrogen-bond acceptors (Lipinski definition) is 3. The maximum atomic E-state index is 13.1. The summed E-state index contributed by atoms with van der Waals surface area (Å²) in [6, 6.07) is 6.67. The van der Waals surface area contributed by atoms with Gasteiger partial charge in [0.1, 0.15) is 6.04 Å². The minimum Gasteiger partial charge on any atom is -0.481 e. The summed E-state index contributed by atoms with van der Waals surface area (Å²) in [6.07, 6.45) is 2.64. The molecule has 0 aliphatic carbocycles. The molecule has 0 saturated carbocycles. The summed E-state index contributed by atoms with van der Waals surface area (Å²) in [7, 11) is 0. The van der Waals surface area contributed by atoms with Gasteiger partial charge in [0.25, 0.3) is 0 Å². The van der Waals surface area contributed by atoms with E-state index in [0.717, 1.165) is 18.4 Å². The van der Waals surface area contributed by atoms with Gasteiger partial charge in [0, 0.05) is 37.0 Å². The molecule has 2 aliphatic heterocycles. The summed E-state index contributed by atoms with van der Waals surface area (Å²) in [4.78, 5) is 40.5. The molecular weight excluding hydrogens is 368 g/mol. The summed E-state index contributed by atoms with van der Waals surface area (Å²) < 4.78 is 0. The Morgan fingerprint density at radius 1 is 1.19 bits per heavy atom. The van der Waals surface area contributed by atoms with Gasteiger partial charge in [0.2, 0.25) is 11.8 Å². The number of carboxylic acids is 1. The van der Waals surface area contributed by atoms with Gasteiger partial charge in [-0.25, -0.2) is 0 Å². The molecule has 6 nitrogen and oxygen atoms in total. The van der Waals surface area contributed by atoms with Crippen LogP contribution in [0.3, 0.4) is 0 Å². The fourth-order valence-corrected chi connectivity index (χ4v) is 4.30. The van der Waals surface area contributed by atoms with Crippen LogP contribution in [0.15, 0.2) is 24.3 Å². The summed E-state index contributed by atoms with van der Waals surface area (Å²) in [5.41, 5.74) is 0.868. The number of halogens is 1. The molecule has 7 heteroatoms. The zero-order chi connectivity index (χ0) is 19.6. The van der Waals surface area contributed by atoms with Gasteiger partial charge in [-0.2, -0.15) is 0 Å². The van der Waals surface area contributed by atoms with Crippen molar-refractivity contribution in [2.45, 2.75) is 44.6 Å². The lowest BCUT2D eigenvalue weighted by Crippen LogP contribution is -2.47. The fourth-order valence-electron chi connectivity index (χ4n) is 4.17. The molecule has 2 heterocycles. The highest BCUT2D eigenvalue weighted by molar-refractivity contribution is 6.30. The van der Waals surface area contributed by atoms with E-state index >= 15 is 0 Å². The molecule has 1 unspecified atom stereocenters. The number of hydrogen-bond donors (Lipinski definition) is 1. The van der Waals surface area contributed by atoms with E-state index in [1.54, 1.807) is 21.9 Å². The van der Waals surface area contributed by atoms with Crippen LogP contribution in [0.2, 0.25) is 5.02 Å². The van der Waals surface area contributed by atoms with E-state index in [1.807, 2.05) is 19.1 Å². The molecule has 0 aromatic heterocycles. The van der Waals surface area contributed by atoms with Crippen molar-refractivity contribution in [1.29, 1.82) is 0 Å². The molecule has 2 saturated heterocycles. The van der Waals surface area contributed by atoms with Crippen molar-refractivity contribution in [2.24, 2.45) is 5.92 Å². The maximum absolute atomic E-state index is 13.1. The number of carbonyl (C=O) groups excluding carboxylic acids is 2. The van der Waals surface area contributed by atoms with Crippen molar-refractivity contribution in [3.63, 3.8) is 0 Å². The van der Waals surface area contributed by atoms with Crippen LogP contribution in [-0.2, 0) is 14.4 Å². The molecule has 1 aromatic carbocycles. The van der Waals surface area contributed by atoms with Crippen LogP contribution in [0.1, 0.15) is 44.1 Å². The summed E-state index contributed by atoms with van der Waals surface area (Å²) in [6.45, 7) is 3.07. The maximum Gasteiger partial charge on any atom is 0.308 e. The minimum absolute atomic E-state index is 0.0107. The molecule has 1 N–H and O–H groups in total. The molecule has 0 bridgehead atoms. The molecular formula is C20H25ClN2O4. The molecule has 3 atom stereocenters. The molecule has 2 aliphatic rings. The highest BCUT2D eigenvalue weighted by Gasteiger charge is 2.44. The van der Waals surface area contributed by atoms with E-state index in [0.29, 0.717) is 31.0 Å². The average Bonchev–Trinajstić information content (AvgIpc) is 3.29. The van der Waals surface area contributed by atoms with Gasteiger partial charge >= 0.3 is 5.97 Å². The fraction of sp³-hybridized carbons (Fsp3) is 0.550. The zero-order valence-electron chi connectivity index (χ0n) is 15.4. The molecule has 3 rings (SSSR count). The highest BCUT2D eigenvalue weighted by Crippen LogP contribution is 2.35. The SMILES string of the molecule is CCCC(=O)N1CCCC1C(=O)N1C[C@@H](C(=O)O)[C@H](c2ccc(Cl)cc2)C1. The average molecular weight is 393 g/mol. The lowest BCUT2D eigenvalue weighted by atomic mass is 9.89. The van der Waals surface area contributed by atoms with Crippen LogP contribution in [0, 0.1) is 5.92 Å². The van der Waals surface area contributed by atoms with Gasteiger partial charge in [-0.15, -0.1) is 0 Å². The van der Waals surface area contributed by atoms with Gasteiger partial charge < -0.3 is 14.9 Å². The van der Waals surface area contributed by atoms with Crippen molar-refractivity contribution in [3.05, 3.63) is 34.9 Å². The first-order valence-electron chi connectivity index (χ1n) is 9.49. The second kappa shape index (κ2) is 8.30. The number of amides is 2. The minimum atomic E-state index is -0.907. The Bertz CT molecular complexity index is 721. The Morgan fingerprint density at radius 3 is 2.52 bits per heavy atom. The Morgan fingerprint density at radius 2 is 1.89 bits per heavy atom. The second-order valence-electron chi connectivity index (χ2n) is 7.34. The normalized spacial score (nSPS) is 25.0. The predicted octanol–water partition coefficient (Wildman–Crippen LogP) is 2.76. The van der Waals surface area contributed by atoms with Gasteiger partial charge in [-0.3, -0.25) is 14.4 Å². The lowest BCUT2D eigenvalue weighted by Gasteiger charge is -2.28. The lowest BCUT2D eigenvalue weighted by molar-refractivity contribution is -0.144. The van der Waals surface area contributed by atoms with Crippen molar-refractivity contribution in [1.82, 2.24) is 9.80 Å². The van der Waals surface area contributed by atoms with E-state index in [9.17, 15) is 19.5 Å². The molecule has 1 aromatic rings. The van der Waals surface area contributed by atoms with Gasteiger partial charge in [0.05, 0.1) is 5.92 Å². The van der Waals surface area contributed by atoms with E-state index < -0.39 is 17.9 Å². The second-order valence-corrected chi connectivity index (χ2v) is 7.78. The van der Waals surface area contributed by atoms with E-state index in [2.05, 4.69) is 0 Å². The number of carbonyl (C=O) groups is 3. The Balaban J connectivity index is 1.76. The van der Waals surface area contributed by atoms with Crippen molar-refractivity contribution < 1.29 is 19.5 Å². The number of nitrogens with zero attached hydrogens (tertiary/aromatic N) is 2. The van der Waals surface area contributed by atoms with Crippen LogP contribution in [0.25, 0.3) is 0 Å². The molecule has 2 fully saturated rings. The Kier molecular flexibility index (Phi) is 6.05. The highest BCUT2D eigenvalue weighted by atomic mass is 35.5. The number of aliphatic carboxylic acids is 1. The van der Waals surface area contributed by atoms with Crippen molar-refractivity contribution in [2.75, 3.05) is 19.6 Å². The van der Waals surface area contributed by atoms with Crippen LogP contribution < -0.4 is 0 Å². The quantitative estimate of drug-likeness (QED) is 0.835. The van der Waals surface area contributed by atoms with E-state index in [1.165, 1.54) is 0 Å².